The van der Waals surface area contributed by atoms with Gasteiger partial charge in [-0.15, -0.1) is 0 Å². The molecule has 4 aromatic rings. The first-order chi connectivity index (χ1) is 14.3. The molecule has 0 aliphatic heterocycles. The number of carbonyl (C=O) groups excluding carboxylic acids is 1. The van der Waals surface area contributed by atoms with Crippen LogP contribution in [-0.4, -0.2) is 16.0 Å². The summed E-state index contributed by atoms with van der Waals surface area (Å²) in [4.78, 5) is 19.7. The first kappa shape index (κ1) is 19.5. The fourth-order valence-electron chi connectivity index (χ4n) is 3.21. The monoisotopic (exact) mass is 410 g/mol. The van der Waals surface area contributed by atoms with E-state index >= 15 is 0 Å². The summed E-state index contributed by atoms with van der Waals surface area (Å²) in [6.07, 6.45) is -0.900. The second-order valence-electron chi connectivity index (χ2n) is 6.79. The first-order valence-corrected chi connectivity index (χ1v) is 9.09. The zero-order valence-electron chi connectivity index (χ0n) is 15.8. The molecule has 3 N–H and O–H groups in total. The standard InChI is InChI=1S/C22H17F3N4O/c1-13-4-7-16(11-18(13)22(23,24)25)29-21(30)28-15-8-5-14(6-9-15)17-12-27-19-3-2-10-26-20(17)19/h2-12,27H,1H3,(H2,28,29,30). The normalized spacial score (nSPS) is 11.5. The highest BCUT2D eigenvalue weighted by Gasteiger charge is 2.32. The third kappa shape index (κ3) is 3.98. The summed E-state index contributed by atoms with van der Waals surface area (Å²) >= 11 is 0. The summed E-state index contributed by atoms with van der Waals surface area (Å²) in [5, 5.41) is 5.05. The maximum Gasteiger partial charge on any atom is 0.416 e. The van der Waals surface area contributed by atoms with Crippen molar-refractivity contribution in [1.82, 2.24) is 9.97 Å². The highest BCUT2D eigenvalue weighted by atomic mass is 19.4. The number of nitrogens with one attached hydrogen (secondary N) is 3. The van der Waals surface area contributed by atoms with Gasteiger partial charge in [0.2, 0.25) is 0 Å². The van der Waals surface area contributed by atoms with Crippen molar-refractivity contribution < 1.29 is 18.0 Å². The number of halogens is 3. The number of amides is 2. The molecule has 2 amide bonds. The maximum absolute atomic E-state index is 13.0. The van der Waals surface area contributed by atoms with E-state index in [9.17, 15) is 18.0 Å². The van der Waals surface area contributed by atoms with Crippen molar-refractivity contribution in [2.45, 2.75) is 13.1 Å². The van der Waals surface area contributed by atoms with Crippen LogP contribution < -0.4 is 10.6 Å². The molecule has 30 heavy (non-hydrogen) atoms. The Bertz CT molecular complexity index is 1210. The summed E-state index contributed by atoms with van der Waals surface area (Å²) in [7, 11) is 0. The van der Waals surface area contributed by atoms with Gasteiger partial charge >= 0.3 is 12.2 Å². The molecule has 2 aromatic heterocycles. The molecule has 0 fully saturated rings. The van der Waals surface area contributed by atoms with Crippen LogP contribution in [0.5, 0.6) is 0 Å². The van der Waals surface area contributed by atoms with E-state index in [2.05, 4.69) is 20.6 Å². The van der Waals surface area contributed by atoms with E-state index in [4.69, 9.17) is 0 Å². The number of aromatic amines is 1. The second kappa shape index (κ2) is 7.55. The van der Waals surface area contributed by atoms with Gasteiger partial charge in [0.05, 0.1) is 16.6 Å². The molecule has 0 unspecified atom stereocenters. The average Bonchev–Trinajstić information content (AvgIpc) is 3.13. The number of alkyl halides is 3. The van der Waals surface area contributed by atoms with Crippen molar-refractivity contribution in [1.29, 1.82) is 0 Å². The first-order valence-electron chi connectivity index (χ1n) is 9.09. The van der Waals surface area contributed by atoms with E-state index in [0.717, 1.165) is 28.2 Å². The number of fused-ring (bicyclic) bond motifs is 1. The molecule has 152 valence electrons. The Morgan fingerprint density at radius 2 is 1.70 bits per heavy atom. The van der Waals surface area contributed by atoms with E-state index < -0.39 is 17.8 Å². The molecule has 0 saturated heterocycles. The minimum atomic E-state index is -4.48. The number of hydrogen-bond acceptors (Lipinski definition) is 2. The predicted molar refractivity (Wildman–Crippen MR) is 110 cm³/mol. The second-order valence-corrected chi connectivity index (χ2v) is 6.79. The SMILES string of the molecule is Cc1ccc(NC(=O)Nc2ccc(-c3c[nH]c4cccnc34)cc2)cc1C(F)(F)F. The largest absolute Gasteiger partial charge is 0.416 e. The van der Waals surface area contributed by atoms with Crippen LogP contribution in [0.2, 0.25) is 0 Å². The van der Waals surface area contributed by atoms with E-state index in [1.54, 1.807) is 18.3 Å². The highest BCUT2D eigenvalue weighted by Crippen LogP contribution is 2.33. The topological polar surface area (TPSA) is 69.8 Å². The van der Waals surface area contributed by atoms with Gasteiger partial charge < -0.3 is 15.6 Å². The van der Waals surface area contributed by atoms with E-state index in [0.29, 0.717) is 5.69 Å². The molecule has 4 rings (SSSR count). The van der Waals surface area contributed by atoms with E-state index in [1.807, 2.05) is 30.5 Å². The van der Waals surface area contributed by atoms with Crippen molar-refractivity contribution in [2.24, 2.45) is 0 Å². The Labute approximate surface area is 170 Å². The Balaban J connectivity index is 1.47. The van der Waals surface area contributed by atoms with Crippen LogP contribution >= 0.6 is 0 Å². The lowest BCUT2D eigenvalue weighted by atomic mass is 10.1. The van der Waals surface area contributed by atoms with Crippen molar-refractivity contribution in [3.63, 3.8) is 0 Å². The number of aryl methyl sites for hydroxylation is 1. The number of nitrogens with zero attached hydrogens (tertiary/aromatic N) is 1. The highest BCUT2D eigenvalue weighted by molar-refractivity contribution is 6.00. The zero-order valence-corrected chi connectivity index (χ0v) is 15.8. The number of anilines is 2. The number of aromatic nitrogens is 2. The maximum atomic E-state index is 13.0. The molecular weight excluding hydrogens is 393 g/mol. The molecule has 2 aromatic carbocycles. The quantitative estimate of drug-likeness (QED) is 0.376. The Morgan fingerprint density at radius 3 is 2.43 bits per heavy atom. The van der Waals surface area contributed by atoms with Gasteiger partial charge in [-0.05, 0) is 54.4 Å². The minimum Gasteiger partial charge on any atom is -0.359 e. The zero-order chi connectivity index (χ0) is 21.3. The Morgan fingerprint density at radius 1 is 1.00 bits per heavy atom. The third-order valence-electron chi connectivity index (χ3n) is 4.69. The van der Waals surface area contributed by atoms with Crippen molar-refractivity contribution >= 4 is 28.4 Å². The van der Waals surface area contributed by atoms with Gasteiger partial charge in [0.25, 0.3) is 0 Å². The van der Waals surface area contributed by atoms with Gasteiger partial charge in [0.1, 0.15) is 0 Å². The summed E-state index contributed by atoms with van der Waals surface area (Å²) in [6, 6.07) is 13.9. The number of pyridine rings is 1. The summed E-state index contributed by atoms with van der Waals surface area (Å²) in [6.45, 7) is 1.37. The van der Waals surface area contributed by atoms with Gasteiger partial charge in [0.15, 0.2) is 0 Å². The lowest BCUT2D eigenvalue weighted by Gasteiger charge is -2.13. The molecule has 0 saturated carbocycles. The third-order valence-corrected chi connectivity index (χ3v) is 4.69. The summed E-state index contributed by atoms with van der Waals surface area (Å²) < 4.78 is 39.1. The van der Waals surface area contributed by atoms with E-state index in [-0.39, 0.29) is 11.3 Å². The van der Waals surface area contributed by atoms with Crippen LogP contribution in [0.1, 0.15) is 11.1 Å². The average molecular weight is 410 g/mol. The van der Waals surface area contributed by atoms with E-state index in [1.165, 1.54) is 19.1 Å². The molecule has 0 aliphatic rings. The van der Waals surface area contributed by atoms with Gasteiger partial charge in [0, 0.05) is 29.3 Å². The molecule has 0 radical (unpaired) electrons. The summed E-state index contributed by atoms with van der Waals surface area (Å²) in [5.74, 6) is 0. The van der Waals surface area contributed by atoms with Crippen LogP contribution in [0.3, 0.4) is 0 Å². The number of carbonyl (C=O) groups is 1. The Kier molecular flexibility index (Phi) is 4.91. The van der Waals surface area contributed by atoms with Crippen LogP contribution in [0.25, 0.3) is 22.2 Å². The Hall–Kier alpha value is -3.81. The molecule has 0 bridgehead atoms. The predicted octanol–water partition coefficient (Wildman–Crippen LogP) is 6.20. The van der Waals surface area contributed by atoms with Gasteiger partial charge in [-0.1, -0.05) is 18.2 Å². The van der Waals surface area contributed by atoms with Crippen molar-refractivity contribution in [2.75, 3.05) is 10.6 Å². The molecule has 2 heterocycles. The fourth-order valence-corrected chi connectivity index (χ4v) is 3.21. The molecule has 0 aliphatic carbocycles. The molecule has 0 spiro atoms. The lowest BCUT2D eigenvalue weighted by Crippen LogP contribution is -2.20. The molecule has 0 atom stereocenters. The van der Waals surface area contributed by atoms with Crippen LogP contribution in [-0.2, 0) is 6.18 Å². The minimum absolute atomic E-state index is 0.0620. The van der Waals surface area contributed by atoms with Crippen LogP contribution in [0.15, 0.2) is 67.0 Å². The fraction of sp³-hybridized carbons (Fsp3) is 0.0909. The number of rotatable bonds is 3. The number of urea groups is 1. The summed E-state index contributed by atoms with van der Waals surface area (Å²) in [5.41, 5.74) is 3.49. The van der Waals surface area contributed by atoms with Crippen molar-refractivity contribution in [3.8, 4) is 11.1 Å². The van der Waals surface area contributed by atoms with Gasteiger partial charge in [-0.25, -0.2) is 4.79 Å². The van der Waals surface area contributed by atoms with Crippen LogP contribution in [0.4, 0.5) is 29.3 Å². The smallest absolute Gasteiger partial charge is 0.359 e. The lowest BCUT2D eigenvalue weighted by molar-refractivity contribution is -0.138. The van der Waals surface area contributed by atoms with Gasteiger partial charge in [-0.2, -0.15) is 13.2 Å². The van der Waals surface area contributed by atoms with Crippen molar-refractivity contribution in [3.05, 3.63) is 78.1 Å². The number of hydrogen-bond donors (Lipinski definition) is 3. The van der Waals surface area contributed by atoms with Gasteiger partial charge in [-0.3, -0.25) is 4.98 Å². The molecular formula is C22H17F3N4O. The number of benzene rings is 2. The molecule has 5 nitrogen and oxygen atoms in total. The number of H-pyrrole nitrogens is 1. The van der Waals surface area contributed by atoms with Crippen LogP contribution in [0, 0.1) is 6.92 Å². The molecule has 8 heteroatoms.